The van der Waals surface area contributed by atoms with Gasteiger partial charge >= 0.3 is 5.97 Å². The van der Waals surface area contributed by atoms with E-state index in [0.29, 0.717) is 24.8 Å². The Labute approximate surface area is 95.4 Å². The van der Waals surface area contributed by atoms with Gasteiger partial charge in [0.1, 0.15) is 0 Å². The van der Waals surface area contributed by atoms with Crippen LogP contribution in [0.1, 0.15) is 38.5 Å². The van der Waals surface area contributed by atoms with Crippen LogP contribution >= 0.6 is 0 Å². The molecule has 1 amide bonds. The van der Waals surface area contributed by atoms with E-state index in [4.69, 9.17) is 5.11 Å². The second-order valence-corrected chi connectivity index (χ2v) is 4.93. The molecule has 2 aliphatic rings. The summed E-state index contributed by atoms with van der Waals surface area (Å²) in [6, 6.07) is 0. The number of carboxylic acids is 1. The van der Waals surface area contributed by atoms with Crippen molar-refractivity contribution in [3.8, 4) is 0 Å². The lowest BCUT2D eigenvalue weighted by atomic mass is 10.1. The molecular formula is C12H19NO3. The van der Waals surface area contributed by atoms with Crippen LogP contribution in [0.3, 0.4) is 0 Å². The second-order valence-electron chi connectivity index (χ2n) is 4.93. The lowest BCUT2D eigenvalue weighted by Crippen LogP contribution is -2.27. The van der Waals surface area contributed by atoms with Crippen LogP contribution in [0.4, 0.5) is 0 Å². The van der Waals surface area contributed by atoms with E-state index >= 15 is 0 Å². The maximum Gasteiger partial charge on any atom is 0.303 e. The number of carboxylic acid groups (broad SMARTS) is 1. The van der Waals surface area contributed by atoms with Crippen molar-refractivity contribution in [1.29, 1.82) is 0 Å². The third-order valence-corrected chi connectivity index (χ3v) is 3.83. The average Bonchev–Trinajstić information content (AvgIpc) is 2.71. The molecular weight excluding hydrogens is 206 g/mol. The molecule has 2 atom stereocenters. The molecule has 2 N–H and O–H groups in total. The van der Waals surface area contributed by atoms with Crippen molar-refractivity contribution in [3.05, 3.63) is 0 Å². The summed E-state index contributed by atoms with van der Waals surface area (Å²) in [5, 5.41) is 11.4. The van der Waals surface area contributed by atoms with Crippen LogP contribution in [-0.4, -0.2) is 23.5 Å². The van der Waals surface area contributed by atoms with Crippen molar-refractivity contribution >= 4 is 11.9 Å². The quantitative estimate of drug-likeness (QED) is 0.671. The molecule has 16 heavy (non-hydrogen) atoms. The van der Waals surface area contributed by atoms with Gasteiger partial charge in [-0.2, -0.15) is 0 Å². The molecule has 0 bridgehead atoms. The topological polar surface area (TPSA) is 66.4 Å². The number of fused-ring (bicyclic) bond motifs is 1. The van der Waals surface area contributed by atoms with Crippen LogP contribution in [0, 0.1) is 17.8 Å². The average molecular weight is 225 g/mol. The van der Waals surface area contributed by atoms with Gasteiger partial charge in [-0.1, -0.05) is 6.42 Å². The third kappa shape index (κ3) is 2.54. The summed E-state index contributed by atoms with van der Waals surface area (Å²) >= 11 is 0. The summed E-state index contributed by atoms with van der Waals surface area (Å²) in [5.41, 5.74) is 0. The number of hydrogen-bond donors (Lipinski definition) is 2. The summed E-state index contributed by atoms with van der Waals surface area (Å²) < 4.78 is 0. The molecule has 0 aliphatic heterocycles. The Balaban J connectivity index is 1.54. The molecule has 2 unspecified atom stereocenters. The number of unbranched alkanes of at least 4 members (excludes halogenated alkanes) is 1. The van der Waals surface area contributed by atoms with E-state index in [1.807, 2.05) is 0 Å². The number of aliphatic carboxylic acids is 1. The van der Waals surface area contributed by atoms with Crippen LogP contribution in [0.5, 0.6) is 0 Å². The summed E-state index contributed by atoms with van der Waals surface area (Å²) in [6.07, 6.45) is 5.35. The fourth-order valence-electron chi connectivity index (χ4n) is 2.94. The molecule has 2 aliphatic carbocycles. The van der Waals surface area contributed by atoms with Crippen molar-refractivity contribution in [1.82, 2.24) is 5.32 Å². The predicted molar refractivity (Wildman–Crippen MR) is 58.8 cm³/mol. The van der Waals surface area contributed by atoms with E-state index in [2.05, 4.69) is 5.32 Å². The van der Waals surface area contributed by atoms with Crippen molar-refractivity contribution in [2.45, 2.75) is 38.5 Å². The van der Waals surface area contributed by atoms with Crippen molar-refractivity contribution in [2.24, 2.45) is 17.8 Å². The van der Waals surface area contributed by atoms with E-state index in [1.165, 1.54) is 19.3 Å². The molecule has 2 rings (SSSR count). The molecule has 2 saturated carbocycles. The largest absolute Gasteiger partial charge is 0.481 e. The van der Waals surface area contributed by atoms with E-state index in [-0.39, 0.29) is 18.2 Å². The van der Waals surface area contributed by atoms with Crippen LogP contribution in [0.25, 0.3) is 0 Å². The number of amides is 1. The standard InChI is InChI=1S/C12H19NO3/c14-10(15)6-1-2-7-13-12(16)11-8-4-3-5-9(8)11/h8-9,11H,1-7H2,(H,13,16)(H,14,15). The molecule has 2 fully saturated rings. The minimum atomic E-state index is -0.761. The highest BCUT2D eigenvalue weighted by atomic mass is 16.4. The van der Waals surface area contributed by atoms with E-state index in [1.54, 1.807) is 0 Å². The van der Waals surface area contributed by atoms with E-state index in [9.17, 15) is 9.59 Å². The lowest BCUT2D eigenvalue weighted by Gasteiger charge is -2.05. The summed E-state index contributed by atoms with van der Waals surface area (Å²) in [4.78, 5) is 21.9. The number of nitrogens with one attached hydrogen (secondary N) is 1. The molecule has 0 aromatic heterocycles. The van der Waals surface area contributed by atoms with Crippen molar-refractivity contribution in [3.63, 3.8) is 0 Å². The fraction of sp³-hybridized carbons (Fsp3) is 0.833. The second kappa shape index (κ2) is 4.85. The zero-order valence-electron chi connectivity index (χ0n) is 9.45. The SMILES string of the molecule is O=C(O)CCCCNC(=O)C1C2CCCC21. The predicted octanol–water partition coefficient (Wildman–Crippen LogP) is 1.40. The van der Waals surface area contributed by atoms with Gasteiger partial charge in [-0.3, -0.25) is 9.59 Å². The van der Waals surface area contributed by atoms with Gasteiger partial charge in [0.15, 0.2) is 0 Å². The molecule has 90 valence electrons. The zero-order chi connectivity index (χ0) is 11.5. The van der Waals surface area contributed by atoms with Crippen molar-refractivity contribution in [2.75, 3.05) is 6.54 Å². The minimum absolute atomic E-state index is 0.199. The normalized spacial score (nSPS) is 30.9. The molecule has 0 radical (unpaired) electrons. The summed E-state index contributed by atoms with van der Waals surface area (Å²) in [7, 11) is 0. The molecule has 0 aromatic carbocycles. The maximum atomic E-state index is 11.7. The fourth-order valence-corrected chi connectivity index (χ4v) is 2.94. The Hall–Kier alpha value is -1.06. The summed E-state index contributed by atoms with van der Waals surface area (Å²) in [5.74, 6) is 1.05. The third-order valence-electron chi connectivity index (χ3n) is 3.83. The zero-order valence-corrected chi connectivity index (χ0v) is 9.45. The number of rotatable bonds is 6. The first-order valence-electron chi connectivity index (χ1n) is 6.19. The van der Waals surface area contributed by atoms with Gasteiger partial charge in [0.25, 0.3) is 0 Å². The van der Waals surface area contributed by atoms with Gasteiger partial charge in [0.05, 0.1) is 0 Å². The van der Waals surface area contributed by atoms with Gasteiger partial charge in [0.2, 0.25) is 5.91 Å². The monoisotopic (exact) mass is 225 g/mol. The smallest absolute Gasteiger partial charge is 0.303 e. The van der Waals surface area contributed by atoms with Crippen molar-refractivity contribution < 1.29 is 14.7 Å². The van der Waals surface area contributed by atoms with Crippen LogP contribution in [0.15, 0.2) is 0 Å². The highest BCUT2D eigenvalue weighted by molar-refractivity contribution is 5.82. The molecule has 0 saturated heterocycles. The molecule has 4 heteroatoms. The Morgan fingerprint density at radius 2 is 1.88 bits per heavy atom. The number of hydrogen-bond acceptors (Lipinski definition) is 2. The molecule has 0 spiro atoms. The highest BCUT2D eigenvalue weighted by Crippen LogP contribution is 2.57. The number of carbonyl (C=O) groups is 2. The minimum Gasteiger partial charge on any atom is -0.481 e. The van der Waals surface area contributed by atoms with Crippen LogP contribution in [-0.2, 0) is 9.59 Å². The molecule has 4 nitrogen and oxygen atoms in total. The molecule has 0 heterocycles. The Morgan fingerprint density at radius 1 is 1.19 bits per heavy atom. The first-order chi connectivity index (χ1) is 7.70. The van der Waals surface area contributed by atoms with Gasteiger partial charge in [-0.05, 0) is 37.5 Å². The van der Waals surface area contributed by atoms with Crippen LogP contribution in [0.2, 0.25) is 0 Å². The Morgan fingerprint density at radius 3 is 2.50 bits per heavy atom. The Bertz CT molecular complexity index is 280. The number of carbonyl (C=O) groups excluding carboxylic acids is 1. The lowest BCUT2D eigenvalue weighted by molar-refractivity contribution is -0.137. The van der Waals surface area contributed by atoms with Crippen LogP contribution < -0.4 is 5.32 Å². The first kappa shape index (κ1) is 11.4. The van der Waals surface area contributed by atoms with Gasteiger partial charge < -0.3 is 10.4 Å². The first-order valence-corrected chi connectivity index (χ1v) is 6.19. The maximum absolute atomic E-state index is 11.7. The van der Waals surface area contributed by atoms with E-state index < -0.39 is 5.97 Å². The molecule has 0 aromatic rings. The highest BCUT2D eigenvalue weighted by Gasteiger charge is 2.56. The van der Waals surface area contributed by atoms with E-state index in [0.717, 1.165) is 6.42 Å². The van der Waals surface area contributed by atoms with Gasteiger partial charge in [-0.15, -0.1) is 0 Å². The van der Waals surface area contributed by atoms with Gasteiger partial charge in [-0.25, -0.2) is 0 Å². The summed E-state index contributed by atoms with van der Waals surface area (Å²) in [6.45, 7) is 0.627. The Kier molecular flexibility index (Phi) is 3.46. The van der Waals surface area contributed by atoms with Gasteiger partial charge in [0, 0.05) is 18.9 Å².